The van der Waals surface area contributed by atoms with Crippen molar-refractivity contribution in [3.8, 4) is 0 Å². The van der Waals surface area contributed by atoms with E-state index in [1.165, 1.54) is 6.07 Å². The van der Waals surface area contributed by atoms with Crippen LogP contribution in [0.15, 0.2) is 18.2 Å². The zero-order valence-corrected chi connectivity index (χ0v) is 11.3. The van der Waals surface area contributed by atoms with Gasteiger partial charge in [0.2, 0.25) is 0 Å². The van der Waals surface area contributed by atoms with Gasteiger partial charge < -0.3 is 10.6 Å². The first-order valence-corrected chi connectivity index (χ1v) is 6.28. The third-order valence-electron chi connectivity index (χ3n) is 2.51. The van der Waals surface area contributed by atoms with Crippen molar-refractivity contribution in [1.82, 2.24) is 10.6 Å². The molecule has 0 aliphatic rings. The maximum atomic E-state index is 13.3. The first kappa shape index (κ1) is 15.1. The fourth-order valence-electron chi connectivity index (χ4n) is 1.58. The molecule has 0 aliphatic carbocycles. The third kappa shape index (κ3) is 6.07. The molecule has 18 heavy (non-hydrogen) atoms. The van der Waals surface area contributed by atoms with Gasteiger partial charge in [0.15, 0.2) is 0 Å². The summed E-state index contributed by atoms with van der Waals surface area (Å²) < 4.78 is 26.2. The Balaban J connectivity index is 2.20. The molecule has 0 amide bonds. The second-order valence-electron chi connectivity index (χ2n) is 5.44. The summed E-state index contributed by atoms with van der Waals surface area (Å²) in [6.07, 6.45) is 0.953. The van der Waals surface area contributed by atoms with E-state index in [9.17, 15) is 8.78 Å². The van der Waals surface area contributed by atoms with E-state index < -0.39 is 5.82 Å². The molecule has 0 aliphatic heterocycles. The Labute approximate surface area is 108 Å². The van der Waals surface area contributed by atoms with Gasteiger partial charge in [0.1, 0.15) is 11.6 Å². The summed E-state index contributed by atoms with van der Waals surface area (Å²) >= 11 is 0. The molecule has 0 atom stereocenters. The van der Waals surface area contributed by atoms with Crippen molar-refractivity contribution in [1.29, 1.82) is 0 Å². The van der Waals surface area contributed by atoms with Crippen LogP contribution in [0.5, 0.6) is 0 Å². The zero-order valence-electron chi connectivity index (χ0n) is 11.3. The highest BCUT2D eigenvalue weighted by Crippen LogP contribution is 2.09. The van der Waals surface area contributed by atoms with Gasteiger partial charge in [-0.25, -0.2) is 8.78 Å². The highest BCUT2D eigenvalue weighted by atomic mass is 19.1. The van der Waals surface area contributed by atoms with Gasteiger partial charge in [-0.1, -0.05) is 0 Å². The van der Waals surface area contributed by atoms with E-state index in [1.807, 2.05) is 0 Å². The van der Waals surface area contributed by atoms with Crippen molar-refractivity contribution in [2.45, 2.75) is 39.3 Å². The molecule has 102 valence electrons. The predicted octanol–water partition coefficient (Wildman–Crippen LogP) is 2.83. The lowest BCUT2D eigenvalue weighted by atomic mass is 10.1. The molecule has 4 heteroatoms. The molecule has 0 spiro atoms. The Kier molecular flexibility index (Phi) is 5.69. The molecule has 0 unspecified atom stereocenters. The minimum Gasteiger partial charge on any atom is -0.313 e. The van der Waals surface area contributed by atoms with Crippen molar-refractivity contribution in [2.24, 2.45) is 0 Å². The maximum absolute atomic E-state index is 13.3. The minimum absolute atomic E-state index is 0.120. The SMILES string of the molecule is CC(C)(C)NCCCNCc1cc(F)ccc1F. The van der Waals surface area contributed by atoms with Gasteiger partial charge in [-0.2, -0.15) is 0 Å². The monoisotopic (exact) mass is 256 g/mol. The standard InChI is InChI=1S/C14H22F2N2/c1-14(2,3)18-8-4-7-17-10-11-9-12(15)5-6-13(11)16/h5-6,9,17-18H,4,7-8,10H2,1-3H3. The minimum atomic E-state index is -0.400. The quantitative estimate of drug-likeness (QED) is 0.765. The van der Waals surface area contributed by atoms with Gasteiger partial charge in [-0.15, -0.1) is 0 Å². The highest BCUT2D eigenvalue weighted by Gasteiger charge is 2.07. The molecule has 0 fully saturated rings. The summed E-state index contributed by atoms with van der Waals surface area (Å²) in [6, 6.07) is 3.52. The van der Waals surface area contributed by atoms with Crippen LogP contribution in [0.25, 0.3) is 0 Å². The first-order chi connectivity index (χ1) is 8.38. The van der Waals surface area contributed by atoms with Crippen LogP contribution in [0, 0.1) is 11.6 Å². The average Bonchev–Trinajstić information content (AvgIpc) is 2.26. The number of rotatable bonds is 6. The van der Waals surface area contributed by atoms with Crippen molar-refractivity contribution >= 4 is 0 Å². The lowest BCUT2D eigenvalue weighted by molar-refractivity contribution is 0.418. The van der Waals surface area contributed by atoms with E-state index in [0.717, 1.165) is 31.6 Å². The van der Waals surface area contributed by atoms with E-state index in [1.54, 1.807) is 0 Å². The van der Waals surface area contributed by atoms with Gasteiger partial charge >= 0.3 is 0 Å². The Bertz CT molecular complexity index is 373. The van der Waals surface area contributed by atoms with Gasteiger partial charge in [0, 0.05) is 17.6 Å². The van der Waals surface area contributed by atoms with Gasteiger partial charge in [0.25, 0.3) is 0 Å². The third-order valence-corrected chi connectivity index (χ3v) is 2.51. The largest absolute Gasteiger partial charge is 0.313 e. The average molecular weight is 256 g/mol. The number of nitrogens with one attached hydrogen (secondary N) is 2. The molecule has 0 saturated heterocycles. The molecule has 1 rings (SSSR count). The summed E-state index contributed by atoms with van der Waals surface area (Å²) in [7, 11) is 0. The summed E-state index contributed by atoms with van der Waals surface area (Å²) in [6.45, 7) is 8.38. The summed E-state index contributed by atoms with van der Waals surface area (Å²) in [4.78, 5) is 0. The summed E-state index contributed by atoms with van der Waals surface area (Å²) in [5.74, 6) is -0.765. The number of halogens is 2. The molecular weight excluding hydrogens is 234 g/mol. The lowest BCUT2D eigenvalue weighted by Gasteiger charge is -2.20. The van der Waals surface area contributed by atoms with Crippen molar-refractivity contribution in [2.75, 3.05) is 13.1 Å². The molecule has 0 aromatic heterocycles. The fraction of sp³-hybridized carbons (Fsp3) is 0.571. The van der Waals surface area contributed by atoms with E-state index in [-0.39, 0.29) is 11.4 Å². The van der Waals surface area contributed by atoms with Crippen molar-refractivity contribution in [3.05, 3.63) is 35.4 Å². The lowest BCUT2D eigenvalue weighted by Crippen LogP contribution is -2.37. The summed E-state index contributed by atoms with van der Waals surface area (Å²) in [5.41, 5.74) is 0.494. The summed E-state index contributed by atoms with van der Waals surface area (Å²) in [5, 5.41) is 6.48. The Morgan fingerprint density at radius 2 is 1.83 bits per heavy atom. The molecule has 0 saturated carbocycles. The molecular formula is C14H22F2N2. The molecule has 2 nitrogen and oxygen atoms in total. The van der Waals surface area contributed by atoms with E-state index >= 15 is 0 Å². The van der Waals surface area contributed by atoms with Crippen molar-refractivity contribution < 1.29 is 8.78 Å². The van der Waals surface area contributed by atoms with Crippen LogP contribution >= 0.6 is 0 Å². The molecule has 2 N–H and O–H groups in total. The van der Waals surface area contributed by atoms with Crippen LogP contribution < -0.4 is 10.6 Å². The van der Waals surface area contributed by atoms with Crippen LogP contribution in [-0.2, 0) is 6.54 Å². The molecule has 0 radical (unpaired) electrons. The smallest absolute Gasteiger partial charge is 0.127 e. The maximum Gasteiger partial charge on any atom is 0.127 e. The van der Waals surface area contributed by atoms with Gasteiger partial charge in [0.05, 0.1) is 0 Å². The van der Waals surface area contributed by atoms with E-state index in [2.05, 4.69) is 31.4 Å². The second-order valence-corrected chi connectivity index (χ2v) is 5.44. The predicted molar refractivity (Wildman–Crippen MR) is 70.4 cm³/mol. The Morgan fingerprint density at radius 3 is 2.50 bits per heavy atom. The fourth-order valence-corrected chi connectivity index (χ4v) is 1.58. The molecule has 1 aromatic rings. The van der Waals surface area contributed by atoms with Crippen LogP contribution in [-0.4, -0.2) is 18.6 Å². The van der Waals surface area contributed by atoms with Gasteiger partial charge in [-0.05, 0) is 58.5 Å². The second kappa shape index (κ2) is 6.81. The Morgan fingerprint density at radius 1 is 1.11 bits per heavy atom. The molecule has 0 bridgehead atoms. The van der Waals surface area contributed by atoms with E-state index in [4.69, 9.17) is 0 Å². The number of hydrogen-bond acceptors (Lipinski definition) is 2. The topological polar surface area (TPSA) is 24.1 Å². The molecule has 0 heterocycles. The zero-order chi connectivity index (χ0) is 13.6. The highest BCUT2D eigenvalue weighted by molar-refractivity contribution is 5.18. The number of hydrogen-bond donors (Lipinski definition) is 2. The van der Waals surface area contributed by atoms with Crippen LogP contribution in [0.4, 0.5) is 8.78 Å². The van der Waals surface area contributed by atoms with Crippen molar-refractivity contribution in [3.63, 3.8) is 0 Å². The van der Waals surface area contributed by atoms with Crippen LogP contribution in [0.1, 0.15) is 32.8 Å². The van der Waals surface area contributed by atoms with Crippen LogP contribution in [0.3, 0.4) is 0 Å². The number of benzene rings is 1. The van der Waals surface area contributed by atoms with Gasteiger partial charge in [-0.3, -0.25) is 0 Å². The van der Waals surface area contributed by atoms with Crippen LogP contribution in [0.2, 0.25) is 0 Å². The molecule has 1 aromatic carbocycles. The normalized spacial score (nSPS) is 11.8. The first-order valence-electron chi connectivity index (χ1n) is 6.28. The van der Waals surface area contributed by atoms with E-state index in [0.29, 0.717) is 12.1 Å². The Hall–Kier alpha value is -1.00.